The van der Waals surface area contributed by atoms with Crippen LogP contribution in [0, 0.1) is 0 Å². The minimum Gasteiger partial charge on any atom is -0.493 e. The van der Waals surface area contributed by atoms with Crippen molar-refractivity contribution in [1.29, 1.82) is 0 Å². The van der Waals surface area contributed by atoms with Crippen LogP contribution in [0.4, 0.5) is 5.69 Å². The average Bonchev–Trinajstić information content (AvgIpc) is 2.46. The molecular formula is C15H24N2O3. The molecule has 0 unspecified atom stereocenters. The summed E-state index contributed by atoms with van der Waals surface area (Å²) in [7, 11) is 3.06. The minimum absolute atomic E-state index is 0.199. The smallest absolute Gasteiger partial charge is 0.253 e. The normalized spacial score (nSPS) is 11.1. The number of hydrogen-bond donors (Lipinski definition) is 2. The van der Waals surface area contributed by atoms with Crippen molar-refractivity contribution in [3.63, 3.8) is 0 Å². The Labute approximate surface area is 120 Å². The van der Waals surface area contributed by atoms with E-state index in [1.54, 1.807) is 12.1 Å². The number of rotatable bonds is 6. The Morgan fingerprint density at radius 1 is 1.20 bits per heavy atom. The maximum absolute atomic E-state index is 12.4. The lowest BCUT2D eigenvalue weighted by atomic mass is 9.95. The molecule has 112 valence electrons. The highest BCUT2D eigenvalue weighted by Gasteiger charge is 2.24. The molecule has 0 atom stereocenters. The summed E-state index contributed by atoms with van der Waals surface area (Å²) in [5, 5.41) is 3.02. The summed E-state index contributed by atoms with van der Waals surface area (Å²) >= 11 is 0. The maximum Gasteiger partial charge on any atom is 0.253 e. The van der Waals surface area contributed by atoms with Crippen LogP contribution in [0.25, 0.3) is 0 Å². The Morgan fingerprint density at radius 3 is 2.15 bits per heavy atom. The van der Waals surface area contributed by atoms with Crippen molar-refractivity contribution >= 4 is 11.6 Å². The fraction of sp³-hybridized carbons (Fsp3) is 0.533. The molecular weight excluding hydrogens is 256 g/mol. The van der Waals surface area contributed by atoms with Gasteiger partial charge in [-0.1, -0.05) is 13.8 Å². The van der Waals surface area contributed by atoms with Crippen molar-refractivity contribution in [2.45, 2.75) is 39.2 Å². The first kappa shape index (κ1) is 16.1. The monoisotopic (exact) mass is 280 g/mol. The number of benzene rings is 1. The van der Waals surface area contributed by atoms with E-state index in [0.717, 1.165) is 12.8 Å². The zero-order valence-corrected chi connectivity index (χ0v) is 12.9. The predicted molar refractivity (Wildman–Crippen MR) is 80.4 cm³/mol. The lowest BCUT2D eigenvalue weighted by molar-refractivity contribution is 0.0901. The van der Waals surface area contributed by atoms with Gasteiger partial charge in [-0.3, -0.25) is 4.79 Å². The van der Waals surface area contributed by atoms with Gasteiger partial charge in [0.25, 0.3) is 5.91 Å². The van der Waals surface area contributed by atoms with E-state index >= 15 is 0 Å². The molecule has 0 aliphatic rings. The number of ether oxygens (including phenoxy) is 2. The largest absolute Gasteiger partial charge is 0.493 e. The molecule has 5 heteroatoms. The lowest BCUT2D eigenvalue weighted by Gasteiger charge is -2.28. The second-order valence-corrected chi connectivity index (χ2v) is 5.02. The number of nitrogens with one attached hydrogen (secondary N) is 1. The molecule has 1 rings (SSSR count). The van der Waals surface area contributed by atoms with Crippen LogP contribution in [-0.4, -0.2) is 25.7 Å². The third kappa shape index (κ3) is 3.35. The van der Waals surface area contributed by atoms with Crippen LogP contribution in [0.3, 0.4) is 0 Å². The Kier molecular flexibility index (Phi) is 5.25. The van der Waals surface area contributed by atoms with Gasteiger partial charge in [0, 0.05) is 17.3 Å². The Bertz CT molecular complexity index is 482. The molecule has 5 nitrogen and oxygen atoms in total. The minimum atomic E-state index is -0.239. The number of methoxy groups -OCH3 is 2. The van der Waals surface area contributed by atoms with E-state index in [4.69, 9.17) is 15.2 Å². The van der Waals surface area contributed by atoms with Crippen LogP contribution in [0.15, 0.2) is 12.1 Å². The molecule has 0 aromatic heterocycles. The average molecular weight is 280 g/mol. The van der Waals surface area contributed by atoms with E-state index in [-0.39, 0.29) is 11.4 Å². The summed E-state index contributed by atoms with van der Waals surface area (Å²) in [6.45, 7) is 6.10. The van der Waals surface area contributed by atoms with Gasteiger partial charge >= 0.3 is 0 Å². The van der Waals surface area contributed by atoms with Crippen molar-refractivity contribution in [2.75, 3.05) is 20.0 Å². The summed E-state index contributed by atoms with van der Waals surface area (Å²) in [5.74, 6) is 0.798. The van der Waals surface area contributed by atoms with Crippen LogP contribution in [-0.2, 0) is 0 Å². The molecule has 0 fully saturated rings. The standard InChI is InChI=1S/C15H24N2O3/c1-6-15(3,7-2)17-14(18)10-8-12(19-4)13(20-5)9-11(10)16/h8-9H,6-7,16H2,1-5H3,(H,17,18). The van der Waals surface area contributed by atoms with Gasteiger partial charge < -0.3 is 20.5 Å². The van der Waals surface area contributed by atoms with Crippen molar-refractivity contribution in [1.82, 2.24) is 5.32 Å². The molecule has 0 saturated carbocycles. The number of carbonyl (C=O) groups excluding carboxylic acids is 1. The highest BCUT2D eigenvalue weighted by Crippen LogP contribution is 2.32. The first-order valence-electron chi connectivity index (χ1n) is 6.74. The van der Waals surface area contributed by atoms with Crippen molar-refractivity contribution in [2.24, 2.45) is 0 Å². The molecule has 1 amide bonds. The topological polar surface area (TPSA) is 73.6 Å². The van der Waals surface area contributed by atoms with Gasteiger partial charge in [0.15, 0.2) is 11.5 Å². The van der Waals surface area contributed by atoms with Gasteiger partial charge in [0.2, 0.25) is 0 Å². The number of anilines is 1. The third-order valence-electron chi connectivity index (χ3n) is 3.78. The highest BCUT2D eigenvalue weighted by molar-refractivity contribution is 6.00. The number of amides is 1. The third-order valence-corrected chi connectivity index (χ3v) is 3.78. The molecule has 0 saturated heterocycles. The highest BCUT2D eigenvalue weighted by atomic mass is 16.5. The van der Waals surface area contributed by atoms with E-state index < -0.39 is 0 Å². The number of hydrogen-bond acceptors (Lipinski definition) is 4. The molecule has 0 bridgehead atoms. The molecule has 0 spiro atoms. The van der Waals surface area contributed by atoms with Crippen LogP contribution in [0.1, 0.15) is 44.0 Å². The Morgan fingerprint density at radius 2 is 1.70 bits per heavy atom. The number of nitrogens with two attached hydrogens (primary N) is 1. The van der Waals surface area contributed by atoms with Gasteiger partial charge in [-0.15, -0.1) is 0 Å². The second-order valence-electron chi connectivity index (χ2n) is 5.02. The van der Waals surface area contributed by atoms with Gasteiger partial charge in [0.1, 0.15) is 0 Å². The molecule has 0 radical (unpaired) electrons. The van der Waals surface area contributed by atoms with Gasteiger partial charge in [0.05, 0.1) is 19.8 Å². The van der Waals surface area contributed by atoms with E-state index in [1.807, 2.05) is 20.8 Å². The predicted octanol–water partition coefficient (Wildman–Crippen LogP) is 2.59. The van der Waals surface area contributed by atoms with E-state index in [0.29, 0.717) is 22.7 Å². The maximum atomic E-state index is 12.4. The van der Waals surface area contributed by atoms with Crippen LogP contribution >= 0.6 is 0 Å². The van der Waals surface area contributed by atoms with Crippen LogP contribution in [0.2, 0.25) is 0 Å². The van der Waals surface area contributed by atoms with Gasteiger partial charge in [-0.2, -0.15) is 0 Å². The summed E-state index contributed by atoms with van der Waals surface area (Å²) in [4.78, 5) is 12.4. The SMILES string of the molecule is CCC(C)(CC)NC(=O)c1cc(OC)c(OC)cc1N. The second kappa shape index (κ2) is 6.50. The Balaban J connectivity index is 3.10. The van der Waals surface area contributed by atoms with E-state index in [1.165, 1.54) is 14.2 Å². The van der Waals surface area contributed by atoms with E-state index in [2.05, 4.69) is 5.32 Å². The number of nitrogen functional groups attached to an aromatic ring is 1. The summed E-state index contributed by atoms with van der Waals surface area (Å²) < 4.78 is 10.4. The molecule has 3 N–H and O–H groups in total. The summed E-state index contributed by atoms with van der Waals surface area (Å²) in [6.07, 6.45) is 1.70. The zero-order chi connectivity index (χ0) is 15.3. The molecule has 1 aromatic carbocycles. The molecule has 0 aliphatic carbocycles. The van der Waals surface area contributed by atoms with Crippen molar-refractivity contribution in [3.05, 3.63) is 17.7 Å². The Hall–Kier alpha value is -1.91. The summed E-state index contributed by atoms with van der Waals surface area (Å²) in [6, 6.07) is 3.21. The molecule has 0 heterocycles. The first-order valence-corrected chi connectivity index (χ1v) is 6.74. The quantitative estimate of drug-likeness (QED) is 0.785. The van der Waals surface area contributed by atoms with Gasteiger partial charge in [-0.05, 0) is 25.8 Å². The summed E-state index contributed by atoms with van der Waals surface area (Å²) in [5.41, 5.74) is 6.46. The van der Waals surface area contributed by atoms with Crippen LogP contribution in [0.5, 0.6) is 11.5 Å². The molecule has 20 heavy (non-hydrogen) atoms. The zero-order valence-electron chi connectivity index (χ0n) is 12.9. The molecule has 0 aliphatic heterocycles. The first-order chi connectivity index (χ1) is 9.40. The fourth-order valence-corrected chi connectivity index (χ4v) is 1.86. The number of carbonyl (C=O) groups is 1. The van der Waals surface area contributed by atoms with Gasteiger partial charge in [-0.25, -0.2) is 0 Å². The molecule has 1 aromatic rings. The fourth-order valence-electron chi connectivity index (χ4n) is 1.86. The van der Waals surface area contributed by atoms with Crippen molar-refractivity contribution < 1.29 is 14.3 Å². The van der Waals surface area contributed by atoms with Crippen molar-refractivity contribution in [3.8, 4) is 11.5 Å². The van der Waals surface area contributed by atoms with E-state index in [9.17, 15) is 4.79 Å². The lowest BCUT2D eigenvalue weighted by Crippen LogP contribution is -2.45. The van der Waals surface area contributed by atoms with Crippen LogP contribution < -0.4 is 20.5 Å².